The molecule has 83 heavy (non-hydrogen) atoms. The second-order valence-electron chi connectivity index (χ2n) is 22.8. The third-order valence-corrected chi connectivity index (χ3v) is 23.1. The molecule has 4 heterocycles. The van der Waals surface area contributed by atoms with Crippen LogP contribution in [0.15, 0.2) is 209 Å². The van der Waals surface area contributed by atoms with Gasteiger partial charge in [-0.1, -0.05) is 191 Å². The lowest BCUT2D eigenvalue weighted by Crippen LogP contribution is -2.67. The molecule has 15 nitrogen and oxygen atoms in total. The van der Waals surface area contributed by atoms with Gasteiger partial charge in [0, 0.05) is 48.4 Å². The first-order chi connectivity index (χ1) is 40.0. The lowest BCUT2D eigenvalue weighted by atomic mass is 9.80. The molecule has 0 radical (unpaired) electrons. The Bertz CT molecular complexity index is 3670. The highest BCUT2D eigenvalue weighted by atomic mass is 32.2. The van der Waals surface area contributed by atoms with Crippen molar-refractivity contribution in [2.75, 3.05) is 30.0 Å². The van der Waals surface area contributed by atoms with Crippen molar-refractivity contribution in [3.63, 3.8) is 0 Å². The number of aryl methyl sites for hydroxylation is 2. The molecule has 0 saturated carbocycles. The highest BCUT2D eigenvalue weighted by molar-refractivity contribution is 7.91. The number of hydrogen-bond acceptors (Lipinski definition) is 11. The first-order valence-corrected chi connectivity index (χ1v) is 32.0. The van der Waals surface area contributed by atoms with Crippen LogP contribution in [0.25, 0.3) is 0 Å². The number of H-pyrrole nitrogens is 1. The zero-order valence-electron chi connectivity index (χ0n) is 47.4. The lowest BCUT2D eigenvalue weighted by Gasteiger charge is -2.43. The molecule has 2 saturated heterocycles. The van der Waals surface area contributed by atoms with Crippen LogP contribution in [0.2, 0.25) is 5.04 Å². The van der Waals surface area contributed by atoms with E-state index in [4.69, 9.17) is 18.6 Å². The van der Waals surface area contributed by atoms with Crippen LogP contribution in [0.1, 0.15) is 97.1 Å². The van der Waals surface area contributed by atoms with Gasteiger partial charge in [-0.3, -0.25) is 23.7 Å². The molecule has 6 aromatic carbocycles. The van der Waals surface area contributed by atoms with Crippen LogP contribution in [0.3, 0.4) is 0 Å². The molecule has 6 atom stereocenters. The van der Waals surface area contributed by atoms with E-state index in [-0.39, 0.29) is 60.8 Å². The minimum absolute atomic E-state index is 0.0808. The number of amides is 1. The summed E-state index contributed by atoms with van der Waals surface area (Å²) in [4.78, 5) is 59.8. The van der Waals surface area contributed by atoms with Crippen LogP contribution < -0.4 is 32.6 Å². The Morgan fingerprint density at radius 3 is 1.71 bits per heavy atom. The average molecular weight is 1150 g/mol. The molecule has 430 valence electrons. The second-order valence-corrected chi connectivity index (χ2v) is 29.3. The Balaban J connectivity index is 0.931. The van der Waals surface area contributed by atoms with E-state index in [0.717, 1.165) is 32.6 Å². The van der Waals surface area contributed by atoms with Crippen LogP contribution in [0.4, 0.5) is 5.82 Å². The summed E-state index contributed by atoms with van der Waals surface area (Å²) in [5.74, 6) is -1.82. The highest BCUT2D eigenvalue weighted by Gasteiger charge is 2.52. The number of sulfone groups is 1. The molecule has 2 aliphatic rings. The third kappa shape index (κ3) is 12.7. The van der Waals surface area contributed by atoms with Crippen molar-refractivity contribution in [1.29, 1.82) is 0 Å². The highest BCUT2D eigenvalue weighted by Crippen LogP contribution is 2.44. The minimum Gasteiger partial charge on any atom is -0.407 e. The van der Waals surface area contributed by atoms with Crippen molar-refractivity contribution in [2.45, 2.75) is 95.6 Å². The van der Waals surface area contributed by atoms with Crippen molar-refractivity contribution in [2.24, 2.45) is 11.8 Å². The van der Waals surface area contributed by atoms with E-state index >= 15 is 0 Å². The summed E-state index contributed by atoms with van der Waals surface area (Å²) in [6, 6.07) is 59.1. The van der Waals surface area contributed by atoms with Gasteiger partial charge in [-0.15, -0.1) is 0 Å². The Kier molecular flexibility index (Phi) is 17.7. The number of anilines is 1. The molecule has 2 fully saturated rings. The predicted molar refractivity (Wildman–Crippen MR) is 324 cm³/mol. The van der Waals surface area contributed by atoms with E-state index in [9.17, 15) is 27.6 Å². The van der Waals surface area contributed by atoms with Crippen molar-refractivity contribution < 1.29 is 31.8 Å². The van der Waals surface area contributed by atoms with Gasteiger partial charge in [0.15, 0.2) is 9.84 Å². The number of nitrogens with one attached hydrogen (secondary N) is 2. The van der Waals surface area contributed by atoms with Crippen LogP contribution in [-0.4, -0.2) is 78.7 Å². The summed E-state index contributed by atoms with van der Waals surface area (Å²) in [5, 5.41) is 4.56. The van der Waals surface area contributed by atoms with Gasteiger partial charge in [0.05, 0.1) is 30.3 Å². The maximum atomic E-state index is 14.9. The van der Waals surface area contributed by atoms with Gasteiger partial charge >= 0.3 is 11.4 Å². The van der Waals surface area contributed by atoms with E-state index in [0.29, 0.717) is 17.5 Å². The Morgan fingerprint density at radius 1 is 0.663 bits per heavy atom. The third-order valence-electron chi connectivity index (χ3n) is 16.3. The van der Waals surface area contributed by atoms with E-state index in [1.807, 2.05) is 146 Å². The molecule has 0 spiro atoms. The number of carbonyl (C=O) groups is 1. The Morgan fingerprint density at radius 2 is 1.17 bits per heavy atom. The first-order valence-electron chi connectivity index (χ1n) is 28.3. The van der Waals surface area contributed by atoms with Gasteiger partial charge in [0.1, 0.15) is 23.9 Å². The Hall–Kier alpha value is -7.64. The molecule has 2 aliphatic heterocycles. The molecule has 10 rings (SSSR count). The molecule has 0 unspecified atom stereocenters. The molecule has 17 heteroatoms. The van der Waals surface area contributed by atoms with Gasteiger partial charge in [-0.05, 0) is 82.9 Å². The smallest absolute Gasteiger partial charge is 0.351 e. The lowest BCUT2D eigenvalue weighted by molar-refractivity contribution is -0.0439. The van der Waals surface area contributed by atoms with Crippen LogP contribution in [-0.2, 0) is 34.1 Å². The average Bonchev–Trinajstić information content (AvgIpc) is 4.26. The minimum atomic E-state index is -3.91. The molecule has 8 aromatic rings. The number of hydrogen-bond donors (Lipinski definition) is 2. The fourth-order valence-corrected chi connectivity index (χ4v) is 18.6. The van der Waals surface area contributed by atoms with Crippen LogP contribution >= 0.6 is 0 Å². The van der Waals surface area contributed by atoms with Gasteiger partial charge in [0.2, 0.25) is 0 Å². The fraction of sp³-hybridized carbons (Fsp3) is 0.318. The van der Waals surface area contributed by atoms with Crippen molar-refractivity contribution >= 4 is 40.3 Å². The normalized spacial score (nSPS) is 19.4. The fourth-order valence-electron chi connectivity index (χ4n) is 12.2. The maximum Gasteiger partial charge on any atom is 0.351 e. The molecule has 2 N–H and O–H groups in total. The topological polar surface area (TPSA) is 190 Å². The number of rotatable bonds is 21. The molecular formula is C66H71N5O10SSi. The van der Waals surface area contributed by atoms with E-state index < -0.39 is 77.2 Å². The molecule has 0 bridgehead atoms. The summed E-state index contributed by atoms with van der Waals surface area (Å²) >= 11 is 0. The van der Waals surface area contributed by atoms with Crippen molar-refractivity contribution in [1.82, 2.24) is 19.1 Å². The van der Waals surface area contributed by atoms with E-state index in [1.165, 1.54) is 15.3 Å². The number of aromatic nitrogens is 4. The Labute approximate surface area is 485 Å². The van der Waals surface area contributed by atoms with Gasteiger partial charge < -0.3 is 24.0 Å². The monoisotopic (exact) mass is 1150 g/mol. The van der Waals surface area contributed by atoms with Gasteiger partial charge in [-0.2, -0.15) is 4.98 Å². The van der Waals surface area contributed by atoms with Crippen molar-refractivity contribution in [3.8, 4) is 0 Å². The predicted octanol–water partition coefficient (Wildman–Crippen LogP) is 9.25. The molecular weight excluding hydrogens is 1080 g/mol. The van der Waals surface area contributed by atoms with E-state index in [2.05, 4.69) is 60.3 Å². The quantitative estimate of drug-likeness (QED) is 0.0515. The number of nitrogens with zero attached hydrogens (tertiary/aromatic N) is 3. The molecule has 2 aromatic heterocycles. The summed E-state index contributed by atoms with van der Waals surface area (Å²) < 4.78 is 60.6. The number of carbonyl (C=O) groups excluding carboxylic acids is 1. The van der Waals surface area contributed by atoms with Crippen LogP contribution in [0, 0.1) is 25.7 Å². The summed E-state index contributed by atoms with van der Waals surface area (Å²) in [6.45, 7) is 10.4. The first kappa shape index (κ1) is 58.5. The molecule has 0 aliphatic carbocycles. The van der Waals surface area contributed by atoms with Crippen molar-refractivity contribution in [3.05, 3.63) is 259 Å². The maximum absolute atomic E-state index is 14.9. The summed E-state index contributed by atoms with van der Waals surface area (Å²) in [7, 11) is -7.00. The van der Waals surface area contributed by atoms with E-state index in [1.54, 1.807) is 31.3 Å². The number of benzene rings is 6. The van der Waals surface area contributed by atoms with Crippen LogP contribution in [0.5, 0.6) is 0 Å². The zero-order valence-corrected chi connectivity index (χ0v) is 49.2. The standard InChI is InChI=1S/C66H71N5O10SSi/c1-46-23-21-22-34-55(46)62(73)67-58-35-38-70(63(74)68-58)59-41-48(44-79-83(65(3,4)5,53-30-17-9-18-31-53)54-32-19-10-20-33-54)57(81-59)37-40-82(76,77)45-49-42-60(71-43-47(2)61(72)69-64(71)75)80-56(49)36-39-78-66(50-24-11-6-12-25-50,51-26-13-7-14-27-51)52-28-15-8-16-29-52/h6-35,38,43,48-49,56-57,59-60H,36-37,39-42,44-45H2,1-5H3,(H,69,72,75)(H,67,68,73,74)/t48-,49-,56-,57-,59-,60-/m1/s1. The summed E-state index contributed by atoms with van der Waals surface area (Å²) in [5.41, 5.74) is 1.39. The number of ether oxygens (including phenoxy) is 3. The van der Waals surface area contributed by atoms with Gasteiger partial charge in [0.25, 0.3) is 19.8 Å². The summed E-state index contributed by atoms with van der Waals surface area (Å²) in [6.07, 6.45) is 0.769. The SMILES string of the molecule is Cc1ccccc1C(=O)Nc1ccn([C@H]2C[C@H](CO[Si](c3ccccc3)(c3ccccc3)C(C)(C)C)[C@@H](CCS(=O)(=O)C[C@H]3C[C@H](n4cc(C)c(=O)[nH]c4=O)O[C@@H]3CCOC(c3ccccc3)(c3ccccc3)c3ccccc3)O2)c(=O)n1. The zero-order chi connectivity index (χ0) is 58.4. The van der Waals surface area contributed by atoms with Gasteiger partial charge in [-0.25, -0.2) is 18.0 Å². The number of aromatic amines is 1. The molecule has 1 amide bonds. The largest absolute Gasteiger partial charge is 0.407 e. The second kappa shape index (κ2) is 25.1.